The minimum atomic E-state index is -3.66. The van der Waals surface area contributed by atoms with E-state index >= 15 is 0 Å². The van der Waals surface area contributed by atoms with Crippen molar-refractivity contribution in [2.75, 3.05) is 0 Å². The van der Waals surface area contributed by atoms with Crippen LogP contribution in [-0.2, 0) is 14.8 Å². The van der Waals surface area contributed by atoms with Gasteiger partial charge in [-0.25, -0.2) is 22.9 Å². The Kier molecular flexibility index (Phi) is 7.62. The maximum Gasteiger partial charge on any atom is 0.407 e. The monoisotopic (exact) mass is 479 g/mol. The highest BCUT2D eigenvalue weighted by Gasteiger charge is 2.28. The average molecular weight is 480 g/mol. The molecule has 7 nitrogen and oxygen atoms in total. The second kappa shape index (κ2) is 9.89. The first kappa shape index (κ1) is 24.7. The number of aromatic nitrogens is 1. The summed E-state index contributed by atoms with van der Waals surface area (Å²) in [4.78, 5) is 17.6. The first-order valence-corrected chi connectivity index (χ1v) is 13.3. The van der Waals surface area contributed by atoms with Gasteiger partial charge in [0.25, 0.3) is 0 Å². The van der Waals surface area contributed by atoms with Gasteiger partial charge in [-0.3, -0.25) is 0 Å². The molecule has 0 unspecified atom stereocenters. The van der Waals surface area contributed by atoms with Crippen molar-refractivity contribution in [2.24, 2.45) is 0 Å². The van der Waals surface area contributed by atoms with E-state index in [1.54, 1.807) is 29.7 Å². The lowest BCUT2D eigenvalue weighted by Gasteiger charge is -2.28. The lowest BCUT2D eigenvalue weighted by atomic mass is 9.86. The number of sulfonamides is 1. The molecule has 0 bridgehead atoms. The average Bonchev–Trinajstić information content (AvgIpc) is 3.16. The van der Waals surface area contributed by atoms with Crippen LogP contribution >= 0.6 is 11.3 Å². The van der Waals surface area contributed by atoms with Gasteiger partial charge in [0.2, 0.25) is 10.0 Å². The number of amides is 1. The highest BCUT2D eigenvalue weighted by atomic mass is 32.2. The Morgan fingerprint density at radius 3 is 2.44 bits per heavy atom. The van der Waals surface area contributed by atoms with Crippen LogP contribution < -0.4 is 10.0 Å². The number of hydrogen-bond donors (Lipinski definition) is 2. The van der Waals surface area contributed by atoms with Crippen LogP contribution in [0.3, 0.4) is 0 Å². The molecule has 0 spiro atoms. The summed E-state index contributed by atoms with van der Waals surface area (Å²) in [5.74, 6) is 0.310. The third-order valence-corrected chi connectivity index (χ3v) is 8.16. The van der Waals surface area contributed by atoms with E-state index in [1.807, 2.05) is 46.8 Å². The fraction of sp³-hybridized carbons (Fsp3) is 0.565. The van der Waals surface area contributed by atoms with Crippen molar-refractivity contribution in [1.29, 1.82) is 0 Å². The van der Waals surface area contributed by atoms with Crippen molar-refractivity contribution in [3.05, 3.63) is 35.5 Å². The van der Waals surface area contributed by atoms with E-state index in [-0.39, 0.29) is 23.1 Å². The smallest absolute Gasteiger partial charge is 0.407 e. The van der Waals surface area contributed by atoms with Crippen molar-refractivity contribution in [1.82, 2.24) is 15.0 Å². The number of hydrogen-bond acceptors (Lipinski definition) is 6. The molecule has 32 heavy (non-hydrogen) atoms. The molecule has 0 saturated heterocycles. The van der Waals surface area contributed by atoms with Crippen LogP contribution in [0.4, 0.5) is 4.79 Å². The lowest BCUT2D eigenvalue weighted by molar-refractivity contribution is 0.109. The van der Waals surface area contributed by atoms with E-state index in [0.29, 0.717) is 11.5 Å². The van der Waals surface area contributed by atoms with Crippen LogP contribution in [0, 0.1) is 0 Å². The Bertz CT molecular complexity index is 1030. The minimum Gasteiger partial charge on any atom is -0.447 e. The zero-order valence-corrected chi connectivity index (χ0v) is 21.0. The number of nitrogens with one attached hydrogen (secondary N) is 2. The Balaban J connectivity index is 1.71. The van der Waals surface area contributed by atoms with Gasteiger partial charge in [-0.2, -0.15) is 0 Å². The fourth-order valence-corrected chi connectivity index (χ4v) is 6.70. The van der Waals surface area contributed by atoms with Gasteiger partial charge in [-0.1, -0.05) is 18.2 Å². The normalized spacial score (nSPS) is 19.7. The molecule has 1 saturated carbocycles. The molecule has 2 N–H and O–H groups in total. The van der Waals surface area contributed by atoms with Crippen LogP contribution in [0.25, 0.3) is 10.4 Å². The van der Waals surface area contributed by atoms with Gasteiger partial charge in [0.05, 0.1) is 20.9 Å². The zero-order chi connectivity index (χ0) is 23.5. The van der Waals surface area contributed by atoms with Crippen LogP contribution in [0.2, 0.25) is 0 Å². The summed E-state index contributed by atoms with van der Waals surface area (Å²) in [6.45, 7) is 9.14. The molecule has 1 aliphatic carbocycles. The Morgan fingerprint density at radius 1 is 1.16 bits per heavy atom. The summed E-state index contributed by atoms with van der Waals surface area (Å²) in [6, 6.07) is 7.16. The molecule has 9 heteroatoms. The standard InChI is InChI=1S/C23H33N3O4S2/c1-15(2)30-22(27)25-17-12-10-16(11-13-17)21-24-14-19(31-21)18-8-6-7-9-20(18)32(28,29)26-23(3,4)5/h6-9,14-17,26H,10-13H2,1-5H3,(H,25,27)/t16-,17-. The van der Waals surface area contributed by atoms with E-state index in [0.717, 1.165) is 35.6 Å². The van der Waals surface area contributed by atoms with Gasteiger partial charge in [-0.15, -0.1) is 11.3 Å². The van der Waals surface area contributed by atoms with E-state index in [2.05, 4.69) is 15.0 Å². The van der Waals surface area contributed by atoms with E-state index < -0.39 is 15.6 Å². The number of carbonyl (C=O) groups is 1. The highest BCUT2D eigenvalue weighted by Crippen LogP contribution is 2.39. The zero-order valence-electron chi connectivity index (χ0n) is 19.3. The number of carbonyl (C=O) groups excluding carboxylic acids is 1. The molecule has 3 rings (SSSR count). The number of rotatable bonds is 6. The van der Waals surface area contributed by atoms with Crippen LogP contribution in [0.5, 0.6) is 0 Å². The van der Waals surface area contributed by atoms with Gasteiger partial charge in [0.15, 0.2) is 0 Å². The number of benzene rings is 1. The largest absolute Gasteiger partial charge is 0.447 e. The van der Waals surface area contributed by atoms with Crippen LogP contribution in [0.1, 0.15) is 71.2 Å². The third kappa shape index (κ3) is 6.52. The predicted octanol–water partition coefficient (Wildman–Crippen LogP) is 5.05. The second-order valence-electron chi connectivity index (χ2n) is 9.56. The molecule has 176 valence electrons. The van der Waals surface area contributed by atoms with Gasteiger partial charge >= 0.3 is 6.09 Å². The van der Waals surface area contributed by atoms with Crippen LogP contribution in [-0.4, -0.2) is 37.2 Å². The van der Waals surface area contributed by atoms with Gasteiger partial charge < -0.3 is 10.1 Å². The molecule has 1 aromatic heterocycles. The minimum absolute atomic E-state index is 0.117. The summed E-state index contributed by atoms with van der Waals surface area (Å²) in [5, 5.41) is 3.96. The SMILES string of the molecule is CC(C)OC(=O)N[C@H]1CC[C@H](c2ncc(-c3ccccc3S(=O)(=O)NC(C)(C)C)s2)CC1. The van der Waals surface area contributed by atoms with Crippen LogP contribution in [0.15, 0.2) is 35.4 Å². The molecule has 1 aliphatic rings. The molecular weight excluding hydrogens is 446 g/mol. The van der Waals surface area contributed by atoms with Crippen molar-refractivity contribution in [2.45, 2.75) is 88.8 Å². The summed E-state index contributed by atoms with van der Waals surface area (Å²) in [5.41, 5.74) is 0.0961. The Labute approximate surface area is 195 Å². The van der Waals surface area contributed by atoms with E-state index in [9.17, 15) is 13.2 Å². The Hall–Kier alpha value is -1.97. The number of ether oxygens (including phenoxy) is 1. The topological polar surface area (TPSA) is 97.4 Å². The number of nitrogens with zero attached hydrogens (tertiary/aromatic N) is 1. The summed E-state index contributed by atoms with van der Waals surface area (Å²) < 4.78 is 33.8. The van der Waals surface area contributed by atoms with Gasteiger partial charge in [-0.05, 0) is 66.4 Å². The van der Waals surface area contributed by atoms with Gasteiger partial charge in [0.1, 0.15) is 0 Å². The molecule has 0 aliphatic heterocycles. The summed E-state index contributed by atoms with van der Waals surface area (Å²) in [7, 11) is -3.66. The summed E-state index contributed by atoms with van der Waals surface area (Å²) >= 11 is 1.55. The predicted molar refractivity (Wildman–Crippen MR) is 127 cm³/mol. The molecule has 1 fully saturated rings. The molecule has 1 amide bonds. The number of alkyl carbamates (subject to hydrolysis) is 1. The molecule has 1 aromatic carbocycles. The molecule has 0 atom stereocenters. The maximum atomic E-state index is 13.0. The van der Waals surface area contributed by atoms with Crippen molar-refractivity contribution in [3.63, 3.8) is 0 Å². The number of thiazole rings is 1. The highest BCUT2D eigenvalue weighted by molar-refractivity contribution is 7.89. The molecular formula is C23H33N3O4S2. The van der Waals surface area contributed by atoms with Crippen molar-refractivity contribution >= 4 is 27.5 Å². The van der Waals surface area contributed by atoms with Gasteiger partial charge in [0, 0.05) is 29.3 Å². The quantitative estimate of drug-likeness (QED) is 0.604. The van der Waals surface area contributed by atoms with E-state index in [1.165, 1.54) is 0 Å². The fourth-order valence-electron chi connectivity index (χ4n) is 3.86. The summed E-state index contributed by atoms with van der Waals surface area (Å²) in [6.07, 6.45) is 4.86. The molecule has 1 heterocycles. The maximum absolute atomic E-state index is 13.0. The third-order valence-electron chi connectivity index (χ3n) is 5.15. The molecule has 2 aromatic rings. The first-order valence-electron chi connectivity index (χ1n) is 11.0. The van der Waals surface area contributed by atoms with E-state index in [4.69, 9.17) is 4.74 Å². The Morgan fingerprint density at radius 2 is 1.81 bits per heavy atom. The van der Waals surface area contributed by atoms with Crippen molar-refractivity contribution < 1.29 is 17.9 Å². The first-order chi connectivity index (χ1) is 14.9. The lowest BCUT2D eigenvalue weighted by Crippen LogP contribution is -2.40. The van der Waals surface area contributed by atoms with Crippen molar-refractivity contribution in [3.8, 4) is 10.4 Å². The molecule has 0 radical (unpaired) electrons. The second-order valence-corrected chi connectivity index (χ2v) is 12.3.